The van der Waals surface area contributed by atoms with Crippen molar-refractivity contribution in [2.24, 2.45) is 0 Å². The standard InChI is InChI=1S/C27H30N2O13S4/c1-16-23(28-9-3-11-43(30,31)32)8-5-18-13-22-21(20-7-6-19(45(36,37)38)14-25(20)46(39,40)41)15-24(17(2)27(22)42-26(16)18)29-10-4-12-44(33,34)35/h5-8,13-15,28-29H,3-4,9-12H2,1-2H3,(H3-,30,31,32,33,34,35,36,37,38,39,40,41)/p+1. The number of benzene rings is 3. The molecule has 19 heteroatoms. The van der Waals surface area contributed by atoms with E-state index in [4.69, 9.17) is 13.5 Å². The van der Waals surface area contributed by atoms with Crippen LogP contribution in [0.1, 0.15) is 24.0 Å². The Kier molecular flexibility index (Phi) is 10.0. The second-order valence-corrected chi connectivity index (χ2v) is 16.4. The van der Waals surface area contributed by atoms with Crippen LogP contribution in [0.15, 0.2) is 56.7 Å². The molecule has 3 aromatic carbocycles. The van der Waals surface area contributed by atoms with E-state index in [1.165, 1.54) is 6.07 Å². The van der Waals surface area contributed by atoms with Crippen LogP contribution in [0.2, 0.25) is 0 Å². The Hall–Kier alpha value is -3.43. The Labute approximate surface area is 265 Å². The van der Waals surface area contributed by atoms with Gasteiger partial charge in [0.25, 0.3) is 40.5 Å². The van der Waals surface area contributed by atoms with Gasteiger partial charge in [-0.05, 0) is 63.1 Å². The zero-order valence-corrected chi connectivity index (χ0v) is 27.6. The Morgan fingerprint density at radius 3 is 1.74 bits per heavy atom. The molecule has 0 amide bonds. The predicted molar refractivity (Wildman–Crippen MR) is 172 cm³/mol. The van der Waals surface area contributed by atoms with Gasteiger partial charge in [-0.2, -0.15) is 33.7 Å². The van der Waals surface area contributed by atoms with Crippen molar-refractivity contribution >= 4 is 73.8 Å². The van der Waals surface area contributed by atoms with Crippen molar-refractivity contribution in [3.05, 3.63) is 53.6 Å². The molecule has 0 aliphatic rings. The van der Waals surface area contributed by atoms with Crippen LogP contribution in [0.5, 0.6) is 0 Å². The van der Waals surface area contributed by atoms with Gasteiger partial charge < -0.3 is 10.6 Å². The lowest BCUT2D eigenvalue weighted by molar-refractivity contribution is 0.478. The summed E-state index contributed by atoms with van der Waals surface area (Å²) >= 11 is 0. The van der Waals surface area contributed by atoms with Crippen molar-refractivity contribution in [3.63, 3.8) is 0 Å². The van der Waals surface area contributed by atoms with Gasteiger partial charge in [-0.15, -0.1) is 0 Å². The van der Waals surface area contributed by atoms with Crippen molar-refractivity contribution in [2.45, 2.75) is 36.5 Å². The minimum absolute atomic E-state index is 0.00551. The van der Waals surface area contributed by atoms with Crippen LogP contribution in [-0.4, -0.2) is 76.5 Å². The van der Waals surface area contributed by atoms with Gasteiger partial charge in [0.05, 0.1) is 38.3 Å². The molecule has 250 valence electrons. The molecular weight excluding hydrogens is 689 g/mol. The first-order chi connectivity index (χ1) is 21.2. The zero-order valence-electron chi connectivity index (χ0n) is 24.4. The Balaban J connectivity index is 1.94. The van der Waals surface area contributed by atoms with Gasteiger partial charge in [0.1, 0.15) is 4.90 Å². The summed E-state index contributed by atoms with van der Waals surface area (Å²) in [5.41, 5.74) is 2.80. The number of hydrogen-bond donors (Lipinski definition) is 6. The van der Waals surface area contributed by atoms with Crippen LogP contribution in [-0.2, 0) is 40.5 Å². The van der Waals surface area contributed by atoms with E-state index in [1.54, 1.807) is 32.0 Å². The number of hydrogen-bond acceptors (Lipinski definition) is 10. The molecule has 0 atom stereocenters. The van der Waals surface area contributed by atoms with Gasteiger partial charge in [-0.25, -0.2) is 4.42 Å². The summed E-state index contributed by atoms with van der Waals surface area (Å²) in [5, 5.41) is 7.05. The van der Waals surface area contributed by atoms with Crippen LogP contribution >= 0.6 is 0 Å². The van der Waals surface area contributed by atoms with E-state index >= 15 is 0 Å². The molecule has 0 aliphatic carbocycles. The van der Waals surface area contributed by atoms with Gasteiger partial charge in [-0.1, -0.05) is 6.07 Å². The molecule has 0 fully saturated rings. The molecule has 1 aromatic heterocycles. The first-order valence-corrected chi connectivity index (χ1v) is 19.6. The quantitative estimate of drug-likeness (QED) is 0.0494. The number of rotatable bonds is 13. The number of aryl methyl sites for hydroxylation is 2. The molecule has 0 bridgehead atoms. The highest BCUT2D eigenvalue weighted by atomic mass is 32.2. The number of anilines is 2. The van der Waals surface area contributed by atoms with Crippen LogP contribution < -0.4 is 10.6 Å². The molecule has 4 rings (SSSR count). The zero-order chi connectivity index (χ0) is 34.2. The van der Waals surface area contributed by atoms with Gasteiger partial charge in [-0.3, -0.25) is 18.2 Å². The third-order valence-electron chi connectivity index (χ3n) is 7.12. The molecule has 0 saturated carbocycles. The maximum Gasteiger partial charge on any atom is 0.366 e. The van der Waals surface area contributed by atoms with E-state index in [9.17, 15) is 42.8 Å². The molecule has 15 nitrogen and oxygen atoms in total. The third kappa shape index (κ3) is 8.48. The van der Waals surface area contributed by atoms with E-state index in [1.807, 2.05) is 0 Å². The first-order valence-electron chi connectivity index (χ1n) is 13.5. The van der Waals surface area contributed by atoms with Gasteiger partial charge in [0, 0.05) is 35.6 Å². The van der Waals surface area contributed by atoms with Crippen molar-refractivity contribution in [2.75, 3.05) is 35.2 Å². The molecule has 0 spiro atoms. The maximum absolute atomic E-state index is 12.5. The molecule has 0 radical (unpaired) electrons. The number of nitrogens with one attached hydrogen (secondary N) is 2. The molecule has 0 saturated heterocycles. The van der Waals surface area contributed by atoms with Crippen LogP contribution in [0.3, 0.4) is 0 Å². The van der Waals surface area contributed by atoms with Crippen molar-refractivity contribution < 1.29 is 56.3 Å². The highest BCUT2D eigenvalue weighted by molar-refractivity contribution is 7.87. The summed E-state index contributed by atoms with van der Waals surface area (Å²) in [6.45, 7) is 3.71. The molecule has 46 heavy (non-hydrogen) atoms. The SMILES string of the molecule is Cc1c(NCCCS(=O)(=O)O)ccc2cc3c(-c4ccc(S(=O)(=O)O)cc4S(=O)(=O)O)cc(NCCCS(=O)(=O)O)c(C)c3[o+]c12. The van der Waals surface area contributed by atoms with Crippen LogP contribution in [0, 0.1) is 13.8 Å². The molecule has 1 heterocycles. The summed E-state index contributed by atoms with van der Waals surface area (Å²) in [6.07, 6.45) is 0.137. The summed E-state index contributed by atoms with van der Waals surface area (Å²) < 4.78 is 137. The molecule has 0 aliphatic heterocycles. The fourth-order valence-electron chi connectivity index (χ4n) is 4.92. The molecule has 4 aromatic rings. The Morgan fingerprint density at radius 2 is 1.20 bits per heavy atom. The molecule has 6 N–H and O–H groups in total. The highest BCUT2D eigenvalue weighted by Gasteiger charge is 2.28. The summed E-state index contributed by atoms with van der Waals surface area (Å²) in [6, 6.07) is 9.31. The summed E-state index contributed by atoms with van der Waals surface area (Å²) in [5.74, 6) is -0.960. The summed E-state index contributed by atoms with van der Waals surface area (Å²) in [7, 11) is -18.3. The van der Waals surface area contributed by atoms with Crippen molar-refractivity contribution in [1.82, 2.24) is 0 Å². The minimum atomic E-state index is -5.05. The van der Waals surface area contributed by atoms with E-state index in [-0.39, 0.29) is 42.6 Å². The fraction of sp³-hybridized carbons (Fsp3) is 0.296. The predicted octanol–water partition coefficient (Wildman–Crippen LogP) is 4.02. The Bertz CT molecular complexity index is 2290. The van der Waals surface area contributed by atoms with E-state index in [2.05, 4.69) is 10.6 Å². The lowest BCUT2D eigenvalue weighted by atomic mass is 9.96. The average molecular weight is 720 g/mol. The summed E-state index contributed by atoms with van der Waals surface area (Å²) in [4.78, 5) is -1.59. The lowest BCUT2D eigenvalue weighted by Crippen LogP contribution is -2.11. The third-order valence-corrected chi connectivity index (χ3v) is 10.5. The van der Waals surface area contributed by atoms with E-state index in [0.29, 0.717) is 44.9 Å². The normalized spacial score (nSPS) is 12.9. The second kappa shape index (κ2) is 13.0. The maximum atomic E-state index is 12.5. The van der Waals surface area contributed by atoms with Gasteiger partial charge in [0.2, 0.25) is 0 Å². The van der Waals surface area contributed by atoms with E-state index in [0.717, 1.165) is 12.1 Å². The first kappa shape index (κ1) is 35.4. The smallest absolute Gasteiger partial charge is 0.366 e. The van der Waals surface area contributed by atoms with Crippen LogP contribution in [0.25, 0.3) is 33.1 Å². The minimum Gasteiger partial charge on any atom is -0.385 e. The average Bonchev–Trinajstić information content (AvgIpc) is 2.92. The molecular formula is C27H31N2O13S4+. The van der Waals surface area contributed by atoms with Gasteiger partial charge in [0.15, 0.2) is 0 Å². The van der Waals surface area contributed by atoms with Crippen molar-refractivity contribution in [3.8, 4) is 11.1 Å². The van der Waals surface area contributed by atoms with Crippen molar-refractivity contribution in [1.29, 1.82) is 0 Å². The highest BCUT2D eigenvalue weighted by Crippen LogP contribution is 2.41. The topological polar surface area (TPSA) is 253 Å². The number of fused-ring (bicyclic) bond motifs is 2. The Morgan fingerprint density at radius 1 is 0.630 bits per heavy atom. The monoisotopic (exact) mass is 719 g/mol. The second-order valence-electron chi connectivity index (χ2n) is 10.5. The van der Waals surface area contributed by atoms with Crippen LogP contribution in [0.4, 0.5) is 11.4 Å². The van der Waals surface area contributed by atoms with Gasteiger partial charge >= 0.3 is 11.2 Å². The fourth-order valence-corrected chi connectivity index (χ4v) is 7.25. The lowest BCUT2D eigenvalue weighted by Gasteiger charge is -2.15. The largest absolute Gasteiger partial charge is 0.385 e. The van der Waals surface area contributed by atoms with E-state index < -0.39 is 61.8 Å². The molecule has 0 unspecified atom stereocenters.